The van der Waals surface area contributed by atoms with Gasteiger partial charge in [0.1, 0.15) is 17.7 Å². The van der Waals surface area contributed by atoms with E-state index in [2.05, 4.69) is 37.2 Å². The van der Waals surface area contributed by atoms with Crippen molar-refractivity contribution in [3.8, 4) is 11.3 Å². The average molecular weight is 948 g/mol. The van der Waals surface area contributed by atoms with Crippen molar-refractivity contribution in [3.63, 3.8) is 0 Å². The lowest BCUT2D eigenvalue weighted by Gasteiger charge is -2.46. The van der Waals surface area contributed by atoms with Crippen molar-refractivity contribution >= 4 is 75.5 Å². The van der Waals surface area contributed by atoms with Gasteiger partial charge in [-0.15, -0.1) is 11.3 Å². The number of rotatable bonds is 9. The van der Waals surface area contributed by atoms with Crippen LogP contribution in [0.25, 0.3) is 11.3 Å². The molecule has 3 saturated heterocycles. The standard InChI is InChI=1S/C51H53N11O6S/c1-28-27-59(30-14-18-58(19-15-30)31-7-9-36-37(23-31)50(67)62(49(36)66)41-10-12-44(63)57-48(41)65)21-22-60(28)32-8-11-43(55-25-32)56-40-24-39(54-26-38(40)46(52)64)33-13-17-53-47(29(33)2)61-20-16-35-34-5-3-4-6-42(34)69-45(35)51(61)68/h7-9,11,13,17,23-26,28,30,41H,3-6,10,12,14-16,18-22,27H2,1-2H3,(H2,52,64)(H,54,55,56)(H,57,63,65)/t28-,41?/m0/s1. The van der Waals surface area contributed by atoms with Crippen LogP contribution in [0.3, 0.4) is 0 Å². The zero-order valence-electron chi connectivity index (χ0n) is 38.6. The van der Waals surface area contributed by atoms with E-state index in [4.69, 9.17) is 15.7 Å². The molecule has 0 radical (unpaired) electrons. The molecular formula is C51H53N11O6S. The number of imide groups is 2. The summed E-state index contributed by atoms with van der Waals surface area (Å²) >= 11 is 1.66. The van der Waals surface area contributed by atoms with Crippen molar-refractivity contribution in [2.75, 3.05) is 59.3 Å². The second kappa shape index (κ2) is 17.8. The van der Waals surface area contributed by atoms with E-state index < -0.39 is 35.6 Å². The molecule has 18 heteroatoms. The van der Waals surface area contributed by atoms with Gasteiger partial charge in [-0.1, -0.05) is 0 Å². The van der Waals surface area contributed by atoms with Crippen LogP contribution in [0.4, 0.5) is 28.7 Å². The van der Waals surface area contributed by atoms with E-state index in [1.54, 1.807) is 40.6 Å². The van der Waals surface area contributed by atoms with Gasteiger partial charge in [-0.3, -0.25) is 53.8 Å². The predicted molar refractivity (Wildman–Crippen MR) is 261 cm³/mol. The number of nitrogens with zero attached hydrogens (tertiary/aromatic N) is 8. The number of aryl methyl sites for hydroxylation is 1. The van der Waals surface area contributed by atoms with Gasteiger partial charge < -0.3 is 20.9 Å². The smallest absolute Gasteiger partial charge is 0.269 e. The summed E-state index contributed by atoms with van der Waals surface area (Å²) in [7, 11) is 0. The van der Waals surface area contributed by atoms with Crippen LogP contribution < -0.4 is 31.1 Å². The Balaban J connectivity index is 0.719. The number of amides is 6. The Kier molecular flexibility index (Phi) is 11.5. The SMILES string of the molecule is Cc1c(-c2cc(Nc3ccc(N4CCN(C5CCN(c6ccc7c(c6)C(=O)N(C6CCC(=O)NC6=O)C7=O)CC5)C[C@@H]4C)cn3)c(C(N)=O)cn2)ccnc1N1CCc2c(sc3c2CCCC3)C1=O. The molecule has 0 bridgehead atoms. The maximum Gasteiger partial charge on any atom is 0.269 e. The number of thiophene rings is 1. The molecule has 1 aliphatic carbocycles. The second-order valence-electron chi connectivity index (χ2n) is 19.0. The molecule has 3 fully saturated rings. The number of pyridine rings is 3. The number of carbonyl (C=O) groups excluding carboxylic acids is 6. The Morgan fingerprint density at radius 3 is 2.35 bits per heavy atom. The zero-order valence-corrected chi connectivity index (χ0v) is 39.4. The number of benzene rings is 1. The lowest BCUT2D eigenvalue weighted by Crippen LogP contribution is -2.57. The number of carbonyl (C=O) groups is 6. The van der Waals surface area contributed by atoms with Crippen LogP contribution in [-0.4, -0.2) is 118 Å². The van der Waals surface area contributed by atoms with Gasteiger partial charge in [-0.2, -0.15) is 0 Å². The summed E-state index contributed by atoms with van der Waals surface area (Å²) in [4.78, 5) is 104. The van der Waals surface area contributed by atoms with Crippen molar-refractivity contribution < 1.29 is 28.8 Å². The van der Waals surface area contributed by atoms with E-state index in [9.17, 15) is 28.8 Å². The highest BCUT2D eigenvalue weighted by atomic mass is 32.1. The minimum absolute atomic E-state index is 0.00432. The molecule has 17 nitrogen and oxygen atoms in total. The summed E-state index contributed by atoms with van der Waals surface area (Å²) in [5.74, 6) is -1.48. The molecular weight excluding hydrogens is 895 g/mol. The number of nitrogens with two attached hydrogens (primary N) is 1. The van der Waals surface area contributed by atoms with Gasteiger partial charge >= 0.3 is 0 Å². The van der Waals surface area contributed by atoms with Gasteiger partial charge in [0.2, 0.25) is 11.8 Å². The van der Waals surface area contributed by atoms with Gasteiger partial charge in [0.15, 0.2) is 0 Å². The van der Waals surface area contributed by atoms with Crippen molar-refractivity contribution in [1.82, 2.24) is 30.1 Å². The van der Waals surface area contributed by atoms with Gasteiger partial charge in [-0.25, -0.2) is 9.97 Å². The third-order valence-corrected chi connectivity index (χ3v) is 16.3. The molecule has 0 spiro atoms. The topological polar surface area (TPSA) is 207 Å². The van der Waals surface area contributed by atoms with E-state index in [-0.39, 0.29) is 35.9 Å². The fraction of sp³-hybridized carbons (Fsp3) is 0.392. The third kappa shape index (κ3) is 7.98. The lowest BCUT2D eigenvalue weighted by atomic mass is 9.92. The molecule has 11 rings (SSSR count). The van der Waals surface area contributed by atoms with Crippen LogP contribution in [-0.2, 0) is 28.9 Å². The Morgan fingerprint density at radius 1 is 0.783 bits per heavy atom. The molecule has 1 aromatic carbocycles. The number of fused-ring (bicyclic) bond motifs is 4. The Morgan fingerprint density at radius 2 is 1.58 bits per heavy atom. The number of nitrogens with one attached hydrogen (secondary N) is 2. The molecule has 6 aliphatic rings. The molecule has 2 atom stereocenters. The first-order valence-corrected chi connectivity index (χ1v) is 24.8. The Labute approximate surface area is 403 Å². The normalized spacial score (nSPS) is 21.0. The maximum atomic E-state index is 14.0. The minimum atomic E-state index is -0.991. The second-order valence-corrected chi connectivity index (χ2v) is 20.1. The van der Waals surface area contributed by atoms with Crippen molar-refractivity contribution in [1.29, 1.82) is 0 Å². The predicted octanol–water partition coefficient (Wildman–Crippen LogP) is 5.41. The molecule has 5 aromatic rings. The zero-order chi connectivity index (χ0) is 47.7. The summed E-state index contributed by atoms with van der Waals surface area (Å²) in [6.45, 7) is 8.95. The van der Waals surface area contributed by atoms with Gasteiger partial charge in [0, 0.05) is 91.9 Å². The van der Waals surface area contributed by atoms with Crippen molar-refractivity contribution in [2.24, 2.45) is 5.73 Å². The number of aromatic nitrogens is 3. The van der Waals surface area contributed by atoms with E-state index in [0.29, 0.717) is 41.2 Å². The van der Waals surface area contributed by atoms with E-state index in [1.807, 2.05) is 37.4 Å². The quantitative estimate of drug-likeness (QED) is 0.158. The molecule has 4 aromatic heterocycles. The molecule has 0 saturated carbocycles. The number of hydrogen-bond acceptors (Lipinski definition) is 14. The molecule has 6 amide bonds. The molecule has 69 heavy (non-hydrogen) atoms. The first-order chi connectivity index (χ1) is 33.4. The first kappa shape index (κ1) is 44.5. The Bertz CT molecular complexity index is 2970. The average Bonchev–Trinajstić information content (AvgIpc) is 3.86. The van der Waals surface area contributed by atoms with Crippen LogP contribution >= 0.6 is 11.3 Å². The number of primary amides is 1. The van der Waals surface area contributed by atoms with E-state index >= 15 is 0 Å². The summed E-state index contributed by atoms with van der Waals surface area (Å²) in [6.07, 6.45) is 12.4. The highest BCUT2D eigenvalue weighted by molar-refractivity contribution is 7.14. The third-order valence-electron chi connectivity index (χ3n) is 15.0. The fourth-order valence-electron chi connectivity index (χ4n) is 11.3. The van der Waals surface area contributed by atoms with Crippen LogP contribution in [0.5, 0.6) is 0 Å². The summed E-state index contributed by atoms with van der Waals surface area (Å²) in [5.41, 5.74) is 13.8. The molecule has 9 heterocycles. The first-order valence-electron chi connectivity index (χ1n) is 24.0. The molecule has 4 N–H and O–H groups in total. The number of hydrogen-bond donors (Lipinski definition) is 3. The maximum absolute atomic E-state index is 14.0. The van der Waals surface area contributed by atoms with Crippen molar-refractivity contribution in [3.05, 3.63) is 104 Å². The largest absolute Gasteiger partial charge is 0.371 e. The summed E-state index contributed by atoms with van der Waals surface area (Å²) < 4.78 is 0. The fourth-order valence-corrected chi connectivity index (χ4v) is 12.7. The number of piperazine rings is 1. The minimum Gasteiger partial charge on any atom is -0.371 e. The Hall–Kier alpha value is -7.05. The summed E-state index contributed by atoms with van der Waals surface area (Å²) in [5, 5.41) is 5.58. The van der Waals surface area contributed by atoms with E-state index in [0.717, 1.165) is 97.1 Å². The molecule has 354 valence electrons. The number of anilines is 5. The lowest BCUT2D eigenvalue weighted by molar-refractivity contribution is -0.136. The summed E-state index contributed by atoms with van der Waals surface area (Å²) in [6, 6.07) is 12.6. The number of piperidine rings is 2. The van der Waals surface area contributed by atoms with Crippen molar-refractivity contribution in [2.45, 2.75) is 89.8 Å². The van der Waals surface area contributed by atoms with E-state index in [1.165, 1.54) is 35.0 Å². The van der Waals surface area contributed by atoms with Gasteiger partial charge in [0.05, 0.1) is 44.8 Å². The monoisotopic (exact) mass is 947 g/mol. The molecule has 1 unspecified atom stereocenters. The van der Waals surface area contributed by atoms with Crippen LogP contribution in [0.1, 0.15) is 108 Å². The van der Waals surface area contributed by atoms with Crippen LogP contribution in [0.2, 0.25) is 0 Å². The van der Waals surface area contributed by atoms with Crippen LogP contribution in [0, 0.1) is 6.92 Å². The van der Waals surface area contributed by atoms with Gasteiger partial charge in [0.25, 0.3) is 23.6 Å². The highest BCUT2D eigenvalue weighted by Gasteiger charge is 2.45. The van der Waals surface area contributed by atoms with Gasteiger partial charge in [-0.05, 0) is 119 Å². The highest BCUT2D eigenvalue weighted by Crippen LogP contribution is 2.40. The van der Waals surface area contributed by atoms with Crippen LogP contribution in [0.15, 0.2) is 61.1 Å². The molecule has 5 aliphatic heterocycles.